The number of carbonyl (C=O) groups excluding carboxylic acids is 1. The fraction of sp³-hybridized carbons (Fsp3) is 0.138. The number of azo groups is 1. The van der Waals surface area contributed by atoms with Crippen molar-refractivity contribution in [1.29, 1.82) is 0 Å². The summed E-state index contributed by atoms with van der Waals surface area (Å²) in [5, 5.41) is 11.8. The monoisotopic (exact) mass is 513 g/mol. The first-order valence-corrected chi connectivity index (χ1v) is 12.7. The van der Waals surface area contributed by atoms with Crippen molar-refractivity contribution in [2.75, 3.05) is 6.54 Å². The number of amides is 1. The van der Waals surface area contributed by atoms with Crippen molar-refractivity contribution in [2.24, 2.45) is 15.2 Å². The Bertz CT molecular complexity index is 1750. The first-order chi connectivity index (χ1) is 19.2. The van der Waals surface area contributed by atoms with Gasteiger partial charge in [-0.2, -0.15) is 10.2 Å². The molecule has 39 heavy (non-hydrogen) atoms. The molecule has 0 bridgehead atoms. The van der Waals surface area contributed by atoms with Crippen molar-refractivity contribution >= 4 is 45.6 Å². The van der Waals surface area contributed by atoms with Crippen molar-refractivity contribution < 1.29 is 4.79 Å². The number of H-pyrrole nitrogens is 2. The SMILES string of the molecule is CCNC(=O)c1cc(C2=CC(c3cccc4[nH]cnc34)C=N2)nc(C2=CC(c3cccc4nc[nH]c34)N=N2)c1. The number of benzene rings is 2. The molecule has 2 aliphatic rings. The van der Waals surface area contributed by atoms with Crippen molar-refractivity contribution in [3.05, 3.63) is 101 Å². The summed E-state index contributed by atoms with van der Waals surface area (Å²) < 4.78 is 0. The molecule has 10 heteroatoms. The quantitative estimate of drug-likeness (QED) is 0.282. The minimum atomic E-state index is -0.287. The van der Waals surface area contributed by atoms with Gasteiger partial charge >= 0.3 is 0 Å². The average molecular weight is 514 g/mol. The molecule has 1 amide bonds. The zero-order valence-electron chi connectivity index (χ0n) is 21.0. The van der Waals surface area contributed by atoms with E-state index in [1.807, 2.05) is 61.7 Å². The van der Waals surface area contributed by atoms with Gasteiger partial charge in [0.25, 0.3) is 5.91 Å². The van der Waals surface area contributed by atoms with Gasteiger partial charge < -0.3 is 15.3 Å². The summed E-state index contributed by atoms with van der Waals surface area (Å²) in [5.41, 5.74) is 8.63. The molecule has 10 nitrogen and oxygen atoms in total. The lowest BCUT2D eigenvalue weighted by molar-refractivity contribution is 0.0955. The number of para-hydroxylation sites is 2. The molecule has 190 valence electrons. The predicted octanol–water partition coefficient (Wildman–Crippen LogP) is 5.34. The highest BCUT2D eigenvalue weighted by Gasteiger charge is 2.24. The number of nitrogens with zero attached hydrogens (tertiary/aromatic N) is 6. The van der Waals surface area contributed by atoms with Crippen molar-refractivity contribution in [3.8, 4) is 0 Å². The summed E-state index contributed by atoms with van der Waals surface area (Å²) in [5.74, 6) is -0.243. The summed E-state index contributed by atoms with van der Waals surface area (Å²) in [6, 6.07) is 15.2. The van der Waals surface area contributed by atoms with Gasteiger partial charge in [0.2, 0.25) is 0 Å². The molecular weight excluding hydrogens is 490 g/mol. The van der Waals surface area contributed by atoms with Crippen LogP contribution in [0.5, 0.6) is 0 Å². The maximum absolute atomic E-state index is 12.9. The molecule has 0 radical (unpaired) electrons. The van der Waals surface area contributed by atoms with Gasteiger partial charge in [0.1, 0.15) is 11.7 Å². The van der Waals surface area contributed by atoms with Gasteiger partial charge in [-0.25, -0.2) is 15.0 Å². The predicted molar refractivity (Wildman–Crippen MR) is 149 cm³/mol. The molecule has 5 aromatic rings. The lowest BCUT2D eigenvalue weighted by Crippen LogP contribution is -2.23. The van der Waals surface area contributed by atoms with E-state index in [0.29, 0.717) is 34.9 Å². The normalized spacial score (nSPS) is 18.2. The Morgan fingerprint density at radius 1 is 0.949 bits per heavy atom. The summed E-state index contributed by atoms with van der Waals surface area (Å²) in [4.78, 5) is 37.6. The minimum Gasteiger partial charge on any atom is -0.352 e. The second kappa shape index (κ2) is 9.25. The number of imidazole rings is 2. The molecule has 0 spiro atoms. The van der Waals surface area contributed by atoms with Crippen LogP contribution in [0.25, 0.3) is 33.5 Å². The highest BCUT2D eigenvalue weighted by atomic mass is 16.1. The average Bonchev–Trinajstić information content (AvgIpc) is 3.78. The van der Waals surface area contributed by atoms with Crippen LogP contribution in [0.15, 0.2) is 88.6 Å². The Hall–Kier alpha value is -5.25. The van der Waals surface area contributed by atoms with E-state index in [1.54, 1.807) is 24.8 Å². The Labute approximate surface area is 222 Å². The van der Waals surface area contributed by atoms with Crippen molar-refractivity contribution in [1.82, 2.24) is 30.2 Å². The zero-order valence-corrected chi connectivity index (χ0v) is 21.0. The first kappa shape index (κ1) is 22.9. The molecule has 2 aliphatic heterocycles. The standard InChI is InChI=1S/C29H23N9O/c1-2-30-29(39)16-9-24(23-11-17(13-31-23)18-5-3-7-20-27(18)34-14-32-20)36-25(10-16)26-12-22(37-38-26)19-6-4-8-21-28(19)35-15-33-21/h3-15,17,22H,2H2,1H3,(H,30,39)(H,32,34)(H,33,35). The number of nitrogens with one attached hydrogen (secondary N) is 3. The third-order valence-electron chi connectivity index (χ3n) is 6.91. The van der Waals surface area contributed by atoms with Crippen LogP contribution in [0.3, 0.4) is 0 Å². The van der Waals surface area contributed by atoms with Gasteiger partial charge in [0.05, 0.1) is 51.8 Å². The van der Waals surface area contributed by atoms with E-state index >= 15 is 0 Å². The molecule has 0 saturated heterocycles. The molecule has 3 N–H and O–H groups in total. The summed E-state index contributed by atoms with van der Waals surface area (Å²) in [6.07, 6.45) is 9.25. The van der Waals surface area contributed by atoms with Gasteiger partial charge in [0, 0.05) is 29.8 Å². The van der Waals surface area contributed by atoms with Crippen LogP contribution in [-0.4, -0.2) is 43.6 Å². The van der Waals surface area contributed by atoms with E-state index in [2.05, 4.69) is 40.5 Å². The maximum Gasteiger partial charge on any atom is 0.251 e. The van der Waals surface area contributed by atoms with E-state index in [0.717, 1.165) is 33.2 Å². The molecule has 0 fully saturated rings. The molecule has 0 saturated carbocycles. The maximum atomic E-state index is 12.9. The second-order valence-corrected chi connectivity index (χ2v) is 9.34. The minimum absolute atomic E-state index is 0.0602. The third kappa shape index (κ3) is 4.02. The Morgan fingerprint density at radius 2 is 1.77 bits per heavy atom. The van der Waals surface area contributed by atoms with E-state index in [4.69, 9.17) is 4.98 Å². The van der Waals surface area contributed by atoms with Crippen LogP contribution >= 0.6 is 0 Å². The van der Waals surface area contributed by atoms with Gasteiger partial charge in [-0.15, -0.1) is 0 Å². The number of aromatic nitrogens is 5. The second-order valence-electron chi connectivity index (χ2n) is 9.34. The molecule has 7 rings (SSSR count). The zero-order chi connectivity index (χ0) is 26.3. The number of carbonyl (C=O) groups is 1. The Morgan fingerprint density at radius 3 is 2.67 bits per heavy atom. The van der Waals surface area contributed by atoms with E-state index in [1.165, 1.54) is 0 Å². The lowest BCUT2D eigenvalue weighted by atomic mass is 9.98. The molecule has 2 atom stereocenters. The van der Waals surface area contributed by atoms with E-state index in [9.17, 15) is 4.79 Å². The topological polar surface area (TPSA) is 136 Å². The van der Waals surface area contributed by atoms with Crippen molar-refractivity contribution in [3.63, 3.8) is 0 Å². The molecule has 2 unspecified atom stereocenters. The Kier molecular flexibility index (Phi) is 5.43. The number of aliphatic imine (C=N–C) groups is 1. The highest BCUT2D eigenvalue weighted by Crippen LogP contribution is 2.36. The van der Waals surface area contributed by atoms with Crippen LogP contribution in [0.1, 0.15) is 51.8 Å². The largest absolute Gasteiger partial charge is 0.352 e. The van der Waals surface area contributed by atoms with E-state index in [-0.39, 0.29) is 17.9 Å². The van der Waals surface area contributed by atoms with Gasteiger partial charge in [-0.05, 0) is 48.9 Å². The third-order valence-corrected chi connectivity index (χ3v) is 6.91. The van der Waals surface area contributed by atoms with Gasteiger partial charge in [-0.1, -0.05) is 24.3 Å². The number of allylic oxidation sites excluding steroid dienone is 1. The van der Waals surface area contributed by atoms with Crippen LogP contribution in [0.4, 0.5) is 0 Å². The summed E-state index contributed by atoms with van der Waals surface area (Å²) in [6.45, 7) is 2.40. The summed E-state index contributed by atoms with van der Waals surface area (Å²) in [7, 11) is 0. The number of hydrogen-bond donors (Lipinski definition) is 3. The van der Waals surface area contributed by atoms with Gasteiger partial charge in [0.15, 0.2) is 0 Å². The van der Waals surface area contributed by atoms with Crippen molar-refractivity contribution in [2.45, 2.75) is 18.9 Å². The van der Waals surface area contributed by atoms with Crippen LogP contribution < -0.4 is 5.32 Å². The fourth-order valence-corrected chi connectivity index (χ4v) is 5.05. The van der Waals surface area contributed by atoms with Gasteiger partial charge in [-0.3, -0.25) is 9.79 Å². The highest BCUT2D eigenvalue weighted by molar-refractivity contribution is 5.97. The van der Waals surface area contributed by atoms with Crippen LogP contribution in [0.2, 0.25) is 0 Å². The smallest absolute Gasteiger partial charge is 0.251 e. The number of rotatable bonds is 6. The number of aromatic amines is 2. The summed E-state index contributed by atoms with van der Waals surface area (Å²) >= 11 is 0. The number of fused-ring (bicyclic) bond motifs is 2. The number of hydrogen-bond acceptors (Lipinski definition) is 7. The molecule has 3 aromatic heterocycles. The molecule has 5 heterocycles. The lowest BCUT2D eigenvalue weighted by Gasteiger charge is -2.09. The number of pyridine rings is 1. The van der Waals surface area contributed by atoms with Crippen LogP contribution in [-0.2, 0) is 0 Å². The molecular formula is C29H23N9O. The van der Waals surface area contributed by atoms with E-state index < -0.39 is 0 Å². The fourth-order valence-electron chi connectivity index (χ4n) is 5.05. The molecule has 0 aliphatic carbocycles. The Balaban J connectivity index is 1.27. The van der Waals surface area contributed by atoms with Crippen LogP contribution in [0, 0.1) is 0 Å². The first-order valence-electron chi connectivity index (χ1n) is 12.7. The molecule has 2 aromatic carbocycles.